The lowest BCUT2D eigenvalue weighted by molar-refractivity contribution is -0.126. The van der Waals surface area contributed by atoms with Gasteiger partial charge in [-0.15, -0.1) is 0 Å². The van der Waals surface area contributed by atoms with Gasteiger partial charge in [0.2, 0.25) is 5.91 Å². The van der Waals surface area contributed by atoms with E-state index in [1.54, 1.807) is 20.8 Å². The highest BCUT2D eigenvalue weighted by atomic mass is 16.6. The number of primary amides is 1. The third kappa shape index (κ3) is 4.01. The van der Waals surface area contributed by atoms with Crippen LogP contribution in [0.2, 0.25) is 0 Å². The first-order valence-corrected chi connectivity index (χ1v) is 6.35. The first-order valence-electron chi connectivity index (χ1n) is 6.35. The maximum Gasteiger partial charge on any atom is 0.408 e. The molecule has 0 radical (unpaired) electrons. The molecular formula is C12H21N3O5. The Morgan fingerprint density at radius 3 is 2.10 bits per heavy atom. The summed E-state index contributed by atoms with van der Waals surface area (Å²) in [4.78, 5) is 35.4. The Hall–Kier alpha value is -1.99. The minimum atomic E-state index is -1.26. The molecule has 0 aromatic rings. The maximum atomic E-state index is 11.8. The first kappa shape index (κ1) is 16.1. The van der Waals surface area contributed by atoms with Crippen LogP contribution in [0.1, 0.15) is 33.6 Å². The highest BCUT2D eigenvalue weighted by Crippen LogP contribution is 2.23. The number of rotatable bonds is 2. The number of nitrogens with zero attached hydrogens (tertiary/aromatic N) is 1. The van der Waals surface area contributed by atoms with Gasteiger partial charge in [0.1, 0.15) is 11.1 Å². The molecule has 0 saturated carbocycles. The largest absolute Gasteiger partial charge is 0.465 e. The van der Waals surface area contributed by atoms with Gasteiger partial charge in [-0.1, -0.05) is 0 Å². The van der Waals surface area contributed by atoms with Gasteiger partial charge in [0, 0.05) is 13.1 Å². The second-order valence-electron chi connectivity index (χ2n) is 5.84. The third-order valence-corrected chi connectivity index (χ3v) is 3.10. The predicted molar refractivity (Wildman–Crippen MR) is 70.1 cm³/mol. The van der Waals surface area contributed by atoms with Gasteiger partial charge in [-0.25, -0.2) is 9.59 Å². The highest BCUT2D eigenvalue weighted by Gasteiger charge is 2.43. The number of nitrogens with one attached hydrogen (secondary N) is 1. The average molecular weight is 287 g/mol. The highest BCUT2D eigenvalue weighted by molar-refractivity contribution is 5.89. The van der Waals surface area contributed by atoms with Crippen LogP contribution in [0.5, 0.6) is 0 Å². The number of ether oxygens (including phenoxy) is 1. The van der Waals surface area contributed by atoms with Crippen LogP contribution in [0.4, 0.5) is 9.59 Å². The zero-order chi connectivity index (χ0) is 15.6. The van der Waals surface area contributed by atoms with E-state index in [0.717, 1.165) is 0 Å². The molecule has 0 bridgehead atoms. The van der Waals surface area contributed by atoms with E-state index in [1.165, 1.54) is 4.90 Å². The normalized spacial score (nSPS) is 18.2. The summed E-state index contributed by atoms with van der Waals surface area (Å²) in [6.45, 7) is 5.38. The van der Waals surface area contributed by atoms with Crippen molar-refractivity contribution in [3.8, 4) is 0 Å². The Labute approximate surface area is 117 Å². The molecule has 1 rings (SSSR count). The topological polar surface area (TPSA) is 122 Å². The van der Waals surface area contributed by atoms with Crippen LogP contribution in [-0.4, -0.2) is 52.3 Å². The molecule has 8 nitrogen and oxygen atoms in total. The van der Waals surface area contributed by atoms with Gasteiger partial charge in [0.25, 0.3) is 0 Å². The molecule has 4 N–H and O–H groups in total. The van der Waals surface area contributed by atoms with E-state index in [1.807, 2.05) is 0 Å². The number of carbonyl (C=O) groups excluding carboxylic acids is 2. The number of carbonyl (C=O) groups is 3. The number of alkyl carbamates (subject to hydrolysis) is 1. The van der Waals surface area contributed by atoms with Crippen LogP contribution in [0.15, 0.2) is 0 Å². The Bertz CT molecular complexity index is 408. The monoisotopic (exact) mass is 287 g/mol. The molecule has 1 fully saturated rings. The fraction of sp³-hybridized carbons (Fsp3) is 0.750. The molecule has 1 aliphatic heterocycles. The molecule has 3 amide bonds. The molecule has 0 atom stereocenters. The lowest BCUT2D eigenvalue weighted by atomic mass is 9.87. The van der Waals surface area contributed by atoms with Gasteiger partial charge < -0.3 is 25.8 Å². The van der Waals surface area contributed by atoms with Crippen molar-refractivity contribution in [2.24, 2.45) is 5.73 Å². The summed E-state index contributed by atoms with van der Waals surface area (Å²) in [5, 5.41) is 11.4. The molecule has 0 unspecified atom stereocenters. The summed E-state index contributed by atoms with van der Waals surface area (Å²) < 4.78 is 5.10. The van der Waals surface area contributed by atoms with Crippen LogP contribution < -0.4 is 11.1 Å². The van der Waals surface area contributed by atoms with Crippen molar-refractivity contribution in [3.63, 3.8) is 0 Å². The van der Waals surface area contributed by atoms with Crippen LogP contribution >= 0.6 is 0 Å². The van der Waals surface area contributed by atoms with E-state index >= 15 is 0 Å². The number of nitrogens with two attached hydrogens (primary N) is 1. The van der Waals surface area contributed by atoms with Gasteiger partial charge in [-0.3, -0.25) is 4.79 Å². The molecule has 0 aromatic heterocycles. The molecule has 8 heteroatoms. The standard InChI is InChI=1S/C12H21N3O5/c1-11(2,3)20-9(17)14-12(8(13)16)4-6-15(7-5-12)10(18)19/h4-7H2,1-3H3,(H2,13,16)(H,14,17)(H,18,19). The van der Waals surface area contributed by atoms with Gasteiger partial charge in [-0.05, 0) is 33.6 Å². The van der Waals surface area contributed by atoms with Crippen molar-refractivity contribution in [2.75, 3.05) is 13.1 Å². The number of likely N-dealkylation sites (tertiary alicyclic amines) is 1. The van der Waals surface area contributed by atoms with E-state index < -0.39 is 29.2 Å². The Morgan fingerprint density at radius 2 is 1.75 bits per heavy atom. The molecule has 114 valence electrons. The zero-order valence-electron chi connectivity index (χ0n) is 11.9. The zero-order valence-corrected chi connectivity index (χ0v) is 11.9. The van der Waals surface area contributed by atoms with Crippen molar-refractivity contribution in [1.82, 2.24) is 10.2 Å². The van der Waals surface area contributed by atoms with E-state index in [0.29, 0.717) is 0 Å². The summed E-state index contributed by atoms with van der Waals surface area (Å²) in [7, 11) is 0. The molecule has 20 heavy (non-hydrogen) atoms. The summed E-state index contributed by atoms with van der Waals surface area (Å²) in [5.74, 6) is -0.687. The van der Waals surface area contributed by atoms with Gasteiger partial charge in [-0.2, -0.15) is 0 Å². The lowest BCUT2D eigenvalue weighted by Gasteiger charge is -2.39. The van der Waals surface area contributed by atoms with Crippen molar-refractivity contribution >= 4 is 18.1 Å². The third-order valence-electron chi connectivity index (χ3n) is 3.10. The average Bonchev–Trinajstić information content (AvgIpc) is 2.26. The fourth-order valence-electron chi connectivity index (χ4n) is 2.01. The molecule has 1 heterocycles. The van der Waals surface area contributed by atoms with Crippen LogP contribution in [0.3, 0.4) is 0 Å². The van der Waals surface area contributed by atoms with Gasteiger partial charge >= 0.3 is 12.2 Å². The number of carboxylic acid groups (broad SMARTS) is 1. The van der Waals surface area contributed by atoms with E-state index in [-0.39, 0.29) is 25.9 Å². The summed E-state index contributed by atoms with van der Waals surface area (Å²) in [5.41, 5.74) is 3.42. The van der Waals surface area contributed by atoms with Crippen molar-refractivity contribution in [1.29, 1.82) is 0 Å². The smallest absolute Gasteiger partial charge is 0.408 e. The number of hydrogen-bond donors (Lipinski definition) is 3. The number of hydrogen-bond acceptors (Lipinski definition) is 4. The van der Waals surface area contributed by atoms with Gasteiger partial charge in [0.15, 0.2) is 0 Å². The van der Waals surface area contributed by atoms with E-state index in [4.69, 9.17) is 15.6 Å². The lowest BCUT2D eigenvalue weighted by Crippen LogP contribution is -2.63. The molecule has 0 aromatic carbocycles. The summed E-state index contributed by atoms with van der Waals surface area (Å²) in [6, 6.07) is 0. The molecule has 1 aliphatic rings. The van der Waals surface area contributed by atoms with Crippen molar-refractivity contribution in [2.45, 2.75) is 44.8 Å². The van der Waals surface area contributed by atoms with Crippen molar-refractivity contribution in [3.05, 3.63) is 0 Å². The van der Waals surface area contributed by atoms with Crippen LogP contribution in [-0.2, 0) is 9.53 Å². The molecule has 0 spiro atoms. The van der Waals surface area contributed by atoms with Gasteiger partial charge in [0.05, 0.1) is 0 Å². The minimum Gasteiger partial charge on any atom is -0.465 e. The molecule has 1 saturated heterocycles. The van der Waals surface area contributed by atoms with Crippen molar-refractivity contribution < 1.29 is 24.2 Å². The quantitative estimate of drug-likeness (QED) is 0.683. The second kappa shape index (κ2) is 5.56. The number of piperidine rings is 1. The molecule has 0 aliphatic carbocycles. The Morgan fingerprint density at radius 1 is 1.25 bits per heavy atom. The fourth-order valence-corrected chi connectivity index (χ4v) is 2.01. The van der Waals surface area contributed by atoms with E-state index in [9.17, 15) is 14.4 Å². The minimum absolute atomic E-state index is 0.133. The van der Waals surface area contributed by atoms with Crippen LogP contribution in [0, 0.1) is 0 Å². The Kier molecular flexibility index (Phi) is 4.46. The maximum absolute atomic E-state index is 11.8. The van der Waals surface area contributed by atoms with E-state index in [2.05, 4.69) is 5.32 Å². The summed E-state index contributed by atoms with van der Waals surface area (Å²) in [6.07, 6.45) is -1.53. The second-order valence-corrected chi connectivity index (χ2v) is 5.84. The predicted octanol–water partition coefficient (Wildman–Crippen LogP) is 0.509. The first-order chi connectivity index (χ1) is 9.06. The Balaban J connectivity index is 2.73. The molecular weight excluding hydrogens is 266 g/mol. The summed E-state index contributed by atoms with van der Waals surface area (Å²) >= 11 is 0. The SMILES string of the molecule is CC(C)(C)OC(=O)NC1(C(N)=O)CCN(C(=O)O)CC1. The number of amides is 3. The van der Waals surface area contributed by atoms with Crippen LogP contribution in [0.25, 0.3) is 0 Å².